The first-order valence-electron chi connectivity index (χ1n) is 10.8. The molecule has 2 amide bonds. The summed E-state index contributed by atoms with van der Waals surface area (Å²) >= 11 is 0. The summed E-state index contributed by atoms with van der Waals surface area (Å²) in [6, 6.07) is 5.56. The number of amides is 2. The van der Waals surface area contributed by atoms with Crippen molar-refractivity contribution < 1.29 is 19.1 Å². The monoisotopic (exact) mass is 417 g/mol. The second-order valence-electron chi connectivity index (χ2n) is 9.82. The molecule has 166 valence electrons. The van der Waals surface area contributed by atoms with Crippen LogP contribution in [0.3, 0.4) is 0 Å². The van der Waals surface area contributed by atoms with Gasteiger partial charge in [-0.05, 0) is 29.0 Å². The summed E-state index contributed by atoms with van der Waals surface area (Å²) < 4.78 is 10.8. The Labute approximate surface area is 179 Å². The number of hydrogen-bond donors (Lipinski definition) is 1. The minimum Gasteiger partial charge on any atom is -0.454 e. The Balaban J connectivity index is 1.52. The molecule has 7 nitrogen and oxygen atoms in total. The SMILES string of the molecule is CC(C)C(NC(=O)CC(C)(C)C)C(=O)N1CCN(Cc2ccc3c(c2)OCO3)CC1. The molecule has 0 bridgehead atoms. The number of benzene rings is 1. The van der Waals surface area contributed by atoms with E-state index in [0.29, 0.717) is 19.5 Å². The van der Waals surface area contributed by atoms with E-state index in [2.05, 4.69) is 16.3 Å². The van der Waals surface area contributed by atoms with Gasteiger partial charge in [0.25, 0.3) is 0 Å². The zero-order chi connectivity index (χ0) is 21.9. The van der Waals surface area contributed by atoms with Gasteiger partial charge < -0.3 is 19.7 Å². The van der Waals surface area contributed by atoms with E-state index in [4.69, 9.17) is 9.47 Å². The van der Waals surface area contributed by atoms with Gasteiger partial charge >= 0.3 is 0 Å². The predicted molar refractivity (Wildman–Crippen MR) is 115 cm³/mol. The molecule has 30 heavy (non-hydrogen) atoms. The Morgan fingerprint density at radius 1 is 1.07 bits per heavy atom. The average Bonchev–Trinajstić information content (AvgIpc) is 3.12. The van der Waals surface area contributed by atoms with Gasteiger partial charge in [0.15, 0.2) is 11.5 Å². The molecule has 1 unspecified atom stereocenters. The van der Waals surface area contributed by atoms with Crippen LogP contribution in [0, 0.1) is 11.3 Å². The molecular formula is C23H35N3O4. The summed E-state index contributed by atoms with van der Waals surface area (Å²) in [7, 11) is 0. The van der Waals surface area contributed by atoms with E-state index in [1.165, 1.54) is 5.56 Å². The highest BCUT2D eigenvalue weighted by atomic mass is 16.7. The van der Waals surface area contributed by atoms with Gasteiger partial charge in [-0.3, -0.25) is 14.5 Å². The maximum Gasteiger partial charge on any atom is 0.245 e. The molecule has 0 saturated carbocycles. The molecule has 0 radical (unpaired) electrons. The number of rotatable bonds is 6. The van der Waals surface area contributed by atoms with Gasteiger partial charge in [-0.2, -0.15) is 0 Å². The molecular weight excluding hydrogens is 382 g/mol. The smallest absolute Gasteiger partial charge is 0.245 e. The molecule has 3 rings (SSSR count). The number of carbonyl (C=O) groups excluding carboxylic acids is 2. The minimum atomic E-state index is -0.472. The van der Waals surface area contributed by atoms with E-state index in [1.54, 1.807) is 0 Å². The molecule has 0 spiro atoms. The summed E-state index contributed by atoms with van der Waals surface area (Å²) in [5.41, 5.74) is 1.07. The van der Waals surface area contributed by atoms with Crippen LogP contribution in [-0.2, 0) is 16.1 Å². The fourth-order valence-electron chi connectivity index (χ4n) is 3.84. The third-order valence-corrected chi connectivity index (χ3v) is 5.47. The molecule has 0 aliphatic carbocycles. The van der Waals surface area contributed by atoms with Gasteiger partial charge in [0.1, 0.15) is 6.04 Å². The molecule has 2 aliphatic heterocycles. The highest BCUT2D eigenvalue weighted by molar-refractivity contribution is 5.88. The maximum atomic E-state index is 13.1. The van der Waals surface area contributed by atoms with Crippen molar-refractivity contribution >= 4 is 11.8 Å². The van der Waals surface area contributed by atoms with Crippen LogP contribution in [0.25, 0.3) is 0 Å². The van der Waals surface area contributed by atoms with Crippen molar-refractivity contribution in [1.29, 1.82) is 0 Å². The van der Waals surface area contributed by atoms with Crippen molar-refractivity contribution in [2.45, 2.75) is 53.6 Å². The van der Waals surface area contributed by atoms with E-state index in [0.717, 1.165) is 31.1 Å². The summed E-state index contributed by atoms with van der Waals surface area (Å²) in [6.45, 7) is 14.1. The molecule has 1 saturated heterocycles. The first-order valence-corrected chi connectivity index (χ1v) is 10.8. The molecule has 1 aromatic rings. The van der Waals surface area contributed by atoms with Crippen LogP contribution in [-0.4, -0.2) is 60.6 Å². The maximum absolute atomic E-state index is 13.1. The number of fused-ring (bicyclic) bond motifs is 1. The molecule has 0 aromatic heterocycles. The number of piperazine rings is 1. The predicted octanol–water partition coefficient (Wildman–Crippen LogP) is 2.64. The van der Waals surface area contributed by atoms with E-state index in [1.807, 2.05) is 51.7 Å². The number of hydrogen-bond acceptors (Lipinski definition) is 5. The standard InChI is InChI=1S/C23H35N3O4/c1-16(2)21(24-20(27)13-23(3,4)5)22(28)26-10-8-25(9-11-26)14-17-6-7-18-19(12-17)30-15-29-18/h6-7,12,16,21H,8-11,13-15H2,1-5H3,(H,24,27). The van der Waals surface area contributed by atoms with Gasteiger partial charge in [-0.15, -0.1) is 0 Å². The molecule has 7 heteroatoms. The molecule has 2 heterocycles. The van der Waals surface area contributed by atoms with Crippen molar-refractivity contribution in [2.24, 2.45) is 11.3 Å². The first-order chi connectivity index (χ1) is 14.1. The fourth-order valence-corrected chi connectivity index (χ4v) is 3.84. The minimum absolute atomic E-state index is 0.0231. The van der Waals surface area contributed by atoms with Gasteiger partial charge in [0.05, 0.1) is 0 Å². The van der Waals surface area contributed by atoms with Crippen LogP contribution in [0.2, 0.25) is 0 Å². The molecule has 1 aromatic carbocycles. The van der Waals surface area contributed by atoms with Crippen LogP contribution in [0.1, 0.15) is 46.6 Å². The first kappa shape index (κ1) is 22.4. The van der Waals surface area contributed by atoms with Crippen molar-refractivity contribution in [3.05, 3.63) is 23.8 Å². The van der Waals surface area contributed by atoms with Gasteiger partial charge in [-0.1, -0.05) is 40.7 Å². The third kappa shape index (κ3) is 5.88. The van der Waals surface area contributed by atoms with Gasteiger partial charge in [0.2, 0.25) is 18.6 Å². The van der Waals surface area contributed by atoms with Crippen LogP contribution in [0.15, 0.2) is 18.2 Å². The Hall–Kier alpha value is -2.28. The Morgan fingerprint density at radius 3 is 2.37 bits per heavy atom. The van der Waals surface area contributed by atoms with E-state index < -0.39 is 6.04 Å². The zero-order valence-corrected chi connectivity index (χ0v) is 18.9. The van der Waals surface area contributed by atoms with Gasteiger partial charge in [-0.25, -0.2) is 0 Å². The summed E-state index contributed by atoms with van der Waals surface area (Å²) in [4.78, 5) is 29.7. The van der Waals surface area contributed by atoms with Crippen LogP contribution >= 0.6 is 0 Å². The number of nitrogens with one attached hydrogen (secondary N) is 1. The van der Waals surface area contributed by atoms with Crippen molar-refractivity contribution in [1.82, 2.24) is 15.1 Å². The number of nitrogens with zero attached hydrogens (tertiary/aromatic N) is 2. The van der Waals surface area contributed by atoms with E-state index >= 15 is 0 Å². The highest BCUT2D eigenvalue weighted by Crippen LogP contribution is 2.32. The summed E-state index contributed by atoms with van der Waals surface area (Å²) in [6.07, 6.45) is 0.410. The van der Waals surface area contributed by atoms with Crippen molar-refractivity contribution in [2.75, 3.05) is 33.0 Å². The normalized spacial score (nSPS) is 17.9. The molecule has 1 N–H and O–H groups in total. The lowest BCUT2D eigenvalue weighted by molar-refractivity contribution is -0.139. The lowest BCUT2D eigenvalue weighted by Crippen LogP contribution is -2.56. The van der Waals surface area contributed by atoms with Crippen LogP contribution < -0.4 is 14.8 Å². The molecule has 2 aliphatic rings. The van der Waals surface area contributed by atoms with E-state index in [-0.39, 0.29) is 29.9 Å². The zero-order valence-electron chi connectivity index (χ0n) is 18.9. The van der Waals surface area contributed by atoms with E-state index in [9.17, 15) is 9.59 Å². The Bertz CT molecular complexity index is 764. The van der Waals surface area contributed by atoms with Crippen LogP contribution in [0.4, 0.5) is 0 Å². The summed E-state index contributed by atoms with van der Waals surface area (Å²) in [5.74, 6) is 1.61. The highest BCUT2D eigenvalue weighted by Gasteiger charge is 2.31. The number of ether oxygens (including phenoxy) is 2. The third-order valence-electron chi connectivity index (χ3n) is 5.47. The van der Waals surface area contributed by atoms with Crippen LogP contribution in [0.5, 0.6) is 11.5 Å². The fraction of sp³-hybridized carbons (Fsp3) is 0.652. The second kappa shape index (κ2) is 9.25. The molecule has 1 atom stereocenters. The summed E-state index contributed by atoms with van der Waals surface area (Å²) in [5, 5.41) is 2.98. The second-order valence-corrected chi connectivity index (χ2v) is 9.82. The number of carbonyl (C=O) groups is 2. The van der Waals surface area contributed by atoms with Crippen molar-refractivity contribution in [3.8, 4) is 11.5 Å². The van der Waals surface area contributed by atoms with Gasteiger partial charge in [0, 0.05) is 39.1 Å². The lowest BCUT2D eigenvalue weighted by atomic mass is 9.91. The molecule has 1 fully saturated rings. The van der Waals surface area contributed by atoms with Crippen molar-refractivity contribution in [3.63, 3.8) is 0 Å². The topological polar surface area (TPSA) is 71.1 Å². The largest absolute Gasteiger partial charge is 0.454 e. The Morgan fingerprint density at radius 2 is 1.73 bits per heavy atom. The lowest BCUT2D eigenvalue weighted by Gasteiger charge is -2.37. The quantitative estimate of drug-likeness (QED) is 0.771. The Kier molecular flexibility index (Phi) is 6.91. The average molecular weight is 418 g/mol.